The van der Waals surface area contributed by atoms with Crippen LogP contribution in [0, 0.1) is 0 Å². The van der Waals surface area contributed by atoms with Gasteiger partial charge in [0.25, 0.3) is 0 Å². The fourth-order valence-corrected chi connectivity index (χ4v) is 1.59. The van der Waals surface area contributed by atoms with Crippen molar-refractivity contribution in [3.8, 4) is 5.75 Å². The molecule has 0 fully saturated rings. The molecule has 0 radical (unpaired) electrons. The van der Waals surface area contributed by atoms with Crippen LogP contribution in [0.5, 0.6) is 5.75 Å². The third-order valence-corrected chi connectivity index (χ3v) is 2.55. The van der Waals surface area contributed by atoms with Crippen molar-refractivity contribution < 1.29 is 9.90 Å². The van der Waals surface area contributed by atoms with Crippen LogP contribution in [0.25, 0.3) is 0 Å². The van der Waals surface area contributed by atoms with Gasteiger partial charge in [0.1, 0.15) is 5.75 Å². The summed E-state index contributed by atoms with van der Waals surface area (Å²) >= 11 is 0. The van der Waals surface area contributed by atoms with Gasteiger partial charge in [-0.15, -0.1) is 0 Å². The Morgan fingerprint density at radius 1 is 1.11 bits per heavy atom. The van der Waals surface area contributed by atoms with Crippen LogP contribution >= 0.6 is 0 Å². The molecule has 2 N–H and O–H groups in total. The van der Waals surface area contributed by atoms with E-state index in [1.165, 1.54) is 0 Å². The zero-order valence-corrected chi connectivity index (χ0v) is 10.3. The summed E-state index contributed by atoms with van der Waals surface area (Å²) in [6.45, 7) is 0. The van der Waals surface area contributed by atoms with Crippen LogP contribution in [0.2, 0.25) is 0 Å². The average Bonchev–Trinajstić information content (AvgIpc) is 2.43. The number of rotatable bonds is 4. The lowest BCUT2D eigenvalue weighted by Crippen LogP contribution is -2.19. The molecule has 0 aliphatic rings. The van der Waals surface area contributed by atoms with Crippen LogP contribution in [0.15, 0.2) is 59.7 Å². The van der Waals surface area contributed by atoms with E-state index in [1.807, 2.05) is 30.3 Å². The molecule has 0 atom stereocenters. The zero-order valence-electron chi connectivity index (χ0n) is 10.3. The van der Waals surface area contributed by atoms with Crippen LogP contribution in [0.1, 0.15) is 11.1 Å². The minimum Gasteiger partial charge on any atom is -0.508 e. The fourth-order valence-electron chi connectivity index (χ4n) is 1.59. The standard InChI is InChI=1S/C15H14N2O2/c18-14-9-5-4-8-13(14)10-15(19)17-16-11-12-6-2-1-3-7-12/h1-9,11,18H,10H2,(H,17,19). The van der Waals surface area contributed by atoms with Gasteiger partial charge in [-0.25, -0.2) is 5.43 Å². The number of hydrogen-bond acceptors (Lipinski definition) is 3. The van der Waals surface area contributed by atoms with Crippen molar-refractivity contribution in [2.24, 2.45) is 5.10 Å². The van der Waals surface area contributed by atoms with E-state index >= 15 is 0 Å². The number of nitrogens with one attached hydrogen (secondary N) is 1. The third-order valence-electron chi connectivity index (χ3n) is 2.55. The summed E-state index contributed by atoms with van der Waals surface area (Å²) in [4.78, 5) is 11.6. The van der Waals surface area contributed by atoms with Gasteiger partial charge in [0.2, 0.25) is 5.91 Å². The number of para-hydroxylation sites is 1. The Hall–Kier alpha value is -2.62. The smallest absolute Gasteiger partial charge is 0.244 e. The molecule has 0 saturated heterocycles. The SMILES string of the molecule is O=C(Cc1ccccc1O)NN=Cc1ccccc1. The van der Waals surface area contributed by atoms with Gasteiger partial charge in [-0.1, -0.05) is 48.5 Å². The third kappa shape index (κ3) is 3.96. The average molecular weight is 254 g/mol. The molecule has 0 aromatic heterocycles. The molecule has 19 heavy (non-hydrogen) atoms. The highest BCUT2D eigenvalue weighted by molar-refractivity contribution is 5.83. The molecule has 0 heterocycles. The highest BCUT2D eigenvalue weighted by Crippen LogP contribution is 2.15. The molecule has 2 aromatic rings. The largest absolute Gasteiger partial charge is 0.508 e. The molecule has 0 bridgehead atoms. The minimum atomic E-state index is -0.270. The highest BCUT2D eigenvalue weighted by atomic mass is 16.3. The summed E-state index contributed by atoms with van der Waals surface area (Å²) in [6.07, 6.45) is 1.67. The molecule has 96 valence electrons. The van der Waals surface area contributed by atoms with Crippen molar-refractivity contribution in [3.05, 3.63) is 65.7 Å². The van der Waals surface area contributed by atoms with E-state index in [0.29, 0.717) is 5.56 Å². The predicted molar refractivity (Wildman–Crippen MR) is 74.0 cm³/mol. The maximum atomic E-state index is 11.6. The number of carbonyl (C=O) groups is 1. The number of aromatic hydroxyl groups is 1. The van der Waals surface area contributed by atoms with Crippen molar-refractivity contribution in [3.63, 3.8) is 0 Å². The van der Waals surface area contributed by atoms with Crippen molar-refractivity contribution in [2.45, 2.75) is 6.42 Å². The summed E-state index contributed by atoms with van der Waals surface area (Å²) in [6, 6.07) is 16.2. The Balaban J connectivity index is 1.89. The second kappa shape index (κ2) is 6.35. The van der Waals surface area contributed by atoms with Crippen molar-refractivity contribution in [1.29, 1.82) is 0 Å². The van der Waals surface area contributed by atoms with Gasteiger partial charge < -0.3 is 5.11 Å². The quantitative estimate of drug-likeness (QED) is 0.648. The molecule has 2 aromatic carbocycles. The van der Waals surface area contributed by atoms with Gasteiger partial charge in [0.15, 0.2) is 0 Å². The molecular formula is C15H14N2O2. The topological polar surface area (TPSA) is 61.7 Å². The number of phenols is 1. The fraction of sp³-hybridized carbons (Fsp3) is 0.0667. The van der Waals surface area contributed by atoms with Crippen LogP contribution < -0.4 is 5.43 Å². The van der Waals surface area contributed by atoms with Crippen molar-refractivity contribution >= 4 is 12.1 Å². The lowest BCUT2D eigenvalue weighted by molar-refractivity contribution is -0.120. The highest BCUT2D eigenvalue weighted by Gasteiger charge is 2.05. The Morgan fingerprint density at radius 2 is 1.79 bits per heavy atom. The molecular weight excluding hydrogens is 240 g/mol. The van der Waals surface area contributed by atoms with Crippen molar-refractivity contribution in [1.82, 2.24) is 5.43 Å². The molecule has 0 spiro atoms. The van der Waals surface area contributed by atoms with E-state index in [1.54, 1.807) is 30.5 Å². The second-order valence-electron chi connectivity index (χ2n) is 4.01. The maximum Gasteiger partial charge on any atom is 0.244 e. The van der Waals surface area contributed by atoms with Gasteiger partial charge in [-0.2, -0.15) is 5.10 Å². The van der Waals surface area contributed by atoms with Crippen LogP contribution in [-0.4, -0.2) is 17.2 Å². The predicted octanol–water partition coefficient (Wildman–Crippen LogP) is 2.08. The first-order valence-corrected chi connectivity index (χ1v) is 5.89. The zero-order chi connectivity index (χ0) is 13.5. The molecule has 0 aliphatic carbocycles. The van der Waals surface area contributed by atoms with E-state index in [-0.39, 0.29) is 18.1 Å². The lowest BCUT2D eigenvalue weighted by atomic mass is 10.1. The Kier molecular flexibility index (Phi) is 4.29. The van der Waals surface area contributed by atoms with Crippen LogP contribution in [0.3, 0.4) is 0 Å². The van der Waals surface area contributed by atoms with Crippen LogP contribution in [-0.2, 0) is 11.2 Å². The number of phenolic OH excluding ortho intramolecular Hbond substituents is 1. The number of benzene rings is 2. The number of hydrogen-bond donors (Lipinski definition) is 2. The summed E-state index contributed by atoms with van der Waals surface area (Å²) in [5.41, 5.74) is 3.91. The number of hydrazone groups is 1. The first-order valence-electron chi connectivity index (χ1n) is 5.89. The van der Waals surface area contributed by atoms with E-state index in [2.05, 4.69) is 10.5 Å². The minimum absolute atomic E-state index is 0.0960. The van der Waals surface area contributed by atoms with E-state index in [0.717, 1.165) is 5.56 Å². The molecule has 2 rings (SSSR count). The first kappa shape index (κ1) is 12.8. The molecule has 0 unspecified atom stereocenters. The second-order valence-corrected chi connectivity index (χ2v) is 4.01. The lowest BCUT2D eigenvalue weighted by Gasteiger charge is -2.02. The van der Waals surface area contributed by atoms with E-state index in [9.17, 15) is 9.90 Å². The monoisotopic (exact) mass is 254 g/mol. The maximum absolute atomic E-state index is 11.6. The van der Waals surface area contributed by atoms with Gasteiger partial charge in [-0.3, -0.25) is 4.79 Å². The molecule has 0 saturated carbocycles. The van der Waals surface area contributed by atoms with Gasteiger partial charge in [0.05, 0.1) is 12.6 Å². The Labute approximate surface area is 111 Å². The van der Waals surface area contributed by atoms with Crippen LogP contribution in [0.4, 0.5) is 0 Å². The Bertz CT molecular complexity index is 580. The Morgan fingerprint density at radius 3 is 2.53 bits per heavy atom. The van der Waals surface area contributed by atoms with Gasteiger partial charge >= 0.3 is 0 Å². The van der Waals surface area contributed by atoms with Gasteiger partial charge in [-0.05, 0) is 11.6 Å². The normalized spacial score (nSPS) is 10.5. The summed E-state index contributed by atoms with van der Waals surface area (Å²) < 4.78 is 0. The van der Waals surface area contributed by atoms with Crippen molar-refractivity contribution in [2.75, 3.05) is 0 Å². The molecule has 4 heteroatoms. The van der Waals surface area contributed by atoms with E-state index < -0.39 is 0 Å². The molecule has 0 aliphatic heterocycles. The first-order chi connectivity index (χ1) is 9.25. The summed E-state index contributed by atoms with van der Waals surface area (Å²) in [5, 5.41) is 13.4. The summed E-state index contributed by atoms with van der Waals surface area (Å²) in [5.74, 6) is -0.154. The molecule has 4 nitrogen and oxygen atoms in total. The van der Waals surface area contributed by atoms with E-state index in [4.69, 9.17) is 0 Å². The number of nitrogens with zero attached hydrogens (tertiary/aromatic N) is 1. The number of amides is 1. The van der Waals surface area contributed by atoms with Gasteiger partial charge in [0, 0.05) is 5.56 Å². The number of carbonyl (C=O) groups excluding carboxylic acids is 1. The molecule has 1 amide bonds. The summed E-state index contributed by atoms with van der Waals surface area (Å²) in [7, 11) is 0.